The van der Waals surface area contributed by atoms with Gasteiger partial charge in [-0.1, -0.05) is 255 Å². The Kier molecular flexibility index (Phi) is 9.79. The van der Waals surface area contributed by atoms with Crippen LogP contribution in [-0.2, 0) is 6.42 Å². The van der Waals surface area contributed by atoms with Crippen LogP contribution >= 0.6 is 0 Å². The van der Waals surface area contributed by atoms with Gasteiger partial charge in [-0.05, 0) is 175 Å². The van der Waals surface area contributed by atoms with Crippen molar-refractivity contribution in [1.29, 1.82) is 0 Å². The van der Waals surface area contributed by atoms with Gasteiger partial charge >= 0.3 is 0 Å². The molecular weight excluding hydrogens is 889 g/mol. The molecule has 0 saturated heterocycles. The zero-order valence-electron chi connectivity index (χ0n) is 41.1. The molecule has 1 atom stereocenters. The standard InChI is InChI=1S/C74H50/c1-2-22-61-68-63(73-66(49-29-13-6-14-30-49)58-35-19-20-36-59(58)70(74(61)73)56-34-18-16-32-52(56)47-25-9-4-10-26-47)44-42-55-57-37-21-38-62-69-53(48-27-11-5-12-28-48)41-43-60(54-33-17-15-31-51(54)46-23-7-3-8-24-46)71(69)64-40-39-50(45-65(55)68)67(57)72(62)64/h2-20,22-36,38-44,57H,1,21,37,45H2/b61-22+. The van der Waals surface area contributed by atoms with Crippen molar-refractivity contribution in [1.82, 2.24) is 0 Å². The van der Waals surface area contributed by atoms with Gasteiger partial charge in [-0.2, -0.15) is 0 Å². The number of hydrogen-bond acceptors (Lipinski definition) is 0. The van der Waals surface area contributed by atoms with Crippen LogP contribution in [-0.4, -0.2) is 0 Å². The van der Waals surface area contributed by atoms with E-state index in [9.17, 15) is 0 Å². The molecule has 0 aliphatic heterocycles. The van der Waals surface area contributed by atoms with Crippen molar-refractivity contribution in [3.05, 3.63) is 300 Å². The molecule has 11 aromatic rings. The summed E-state index contributed by atoms with van der Waals surface area (Å²) in [5, 5.41) is 2.52. The van der Waals surface area contributed by atoms with Crippen LogP contribution in [0.1, 0.15) is 63.3 Å². The van der Waals surface area contributed by atoms with E-state index in [2.05, 4.69) is 249 Å². The third-order valence-corrected chi connectivity index (χ3v) is 16.6. The van der Waals surface area contributed by atoms with Crippen LogP contribution in [0.5, 0.6) is 0 Å². The lowest BCUT2D eigenvalue weighted by Crippen LogP contribution is -2.17. The second kappa shape index (κ2) is 17.0. The van der Waals surface area contributed by atoms with Gasteiger partial charge in [0, 0.05) is 5.92 Å². The van der Waals surface area contributed by atoms with Gasteiger partial charge in [0.15, 0.2) is 0 Å². The van der Waals surface area contributed by atoms with Crippen molar-refractivity contribution in [2.45, 2.75) is 25.2 Å². The van der Waals surface area contributed by atoms with Crippen molar-refractivity contribution in [2.75, 3.05) is 0 Å². The van der Waals surface area contributed by atoms with E-state index < -0.39 is 0 Å². The van der Waals surface area contributed by atoms with Crippen molar-refractivity contribution in [3.8, 4) is 89.0 Å². The summed E-state index contributed by atoms with van der Waals surface area (Å²) >= 11 is 0. The monoisotopic (exact) mass is 938 g/mol. The average molecular weight is 939 g/mol. The third kappa shape index (κ3) is 6.28. The molecule has 74 heavy (non-hydrogen) atoms. The minimum atomic E-state index is 0.233. The number of hydrogen-bond donors (Lipinski definition) is 0. The largest absolute Gasteiger partial charge is 0.0990 e. The van der Waals surface area contributed by atoms with E-state index in [0.29, 0.717) is 0 Å². The van der Waals surface area contributed by atoms with Gasteiger partial charge in [-0.15, -0.1) is 0 Å². The van der Waals surface area contributed by atoms with Gasteiger partial charge in [-0.3, -0.25) is 0 Å². The van der Waals surface area contributed by atoms with Crippen LogP contribution in [0.3, 0.4) is 0 Å². The molecule has 4 aliphatic carbocycles. The molecule has 0 nitrogen and oxygen atoms in total. The maximum Gasteiger partial charge on any atom is 0.0105 e. The van der Waals surface area contributed by atoms with Gasteiger partial charge in [0.25, 0.3) is 0 Å². The van der Waals surface area contributed by atoms with Crippen LogP contribution < -0.4 is 0 Å². The molecule has 0 heterocycles. The zero-order valence-corrected chi connectivity index (χ0v) is 41.1. The quantitative estimate of drug-likeness (QED) is 0.149. The van der Waals surface area contributed by atoms with E-state index in [1.54, 1.807) is 0 Å². The van der Waals surface area contributed by atoms with Crippen LogP contribution in [0.25, 0.3) is 111 Å². The summed E-state index contributed by atoms with van der Waals surface area (Å²) in [4.78, 5) is 0. The number of rotatable bonds is 7. The molecule has 4 aliphatic rings. The minimum Gasteiger partial charge on any atom is -0.0990 e. The summed E-state index contributed by atoms with van der Waals surface area (Å²) in [7, 11) is 0. The van der Waals surface area contributed by atoms with E-state index in [-0.39, 0.29) is 5.92 Å². The molecule has 0 fully saturated rings. The van der Waals surface area contributed by atoms with Crippen molar-refractivity contribution in [3.63, 3.8) is 0 Å². The normalized spacial score (nSPS) is 14.9. The third-order valence-electron chi connectivity index (χ3n) is 16.6. The first kappa shape index (κ1) is 42.6. The van der Waals surface area contributed by atoms with Crippen molar-refractivity contribution < 1.29 is 0 Å². The van der Waals surface area contributed by atoms with E-state index in [1.165, 1.54) is 155 Å². The molecule has 0 spiro atoms. The van der Waals surface area contributed by atoms with Crippen molar-refractivity contribution in [2.24, 2.45) is 0 Å². The van der Waals surface area contributed by atoms with E-state index in [4.69, 9.17) is 0 Å². The summed E-state index contributed by atoms with van der Waals surface area (Å²) < 4.78 is 0. The Morgan fingerprint density at radius 1 is 0.351 bits per heavy atom. The van der Waals surface area contributed by atoms with Crippen molar-refractivity contribution >= 4 is 21.9 Å². The Hall–Kier alpha value is -9.10. The SMILES string of the molecule is C=C/C=C1\c2c(ccc3c2Cc2ccc4c5c2C3CCC=C5c2c(-c3ccccc3)ccc(-c3ccccc3-c3ccccc3)c2-4)-c2c1c(-c1ccccc1-c1ccccc1)c1ccccc1c2-c1ccccc1. The fraction of sp³-hybridized carbons (Fsp3) is 0.0541. The fourth-order valence-electron chi connectivity index (χ4n) is 13.8. The summed E-state index contributed by atoms with van der Waals surface area (Å²) in [5.41, 5.74) is 34.5. The van der Waals surface area contributed by atoms with E-state index in [1.807, 2.05) is 6.08 Å². The lowest BCUT2D eigenvalue weighted by Gasteiger charge is -2.32. The predicted octanol–water partition coefficient (Wildman–Crippen LogP) is 19.7. The maximum absolute atomic E-state index is 4.43. The molecule has 15 rings (SSSR count). The predicted molar refractivity (Wildman–Crippen MR) is 312 cm³/mol. The highest BCUT2D eigenvalue weighted by molar-refractivity contribution is 6.23. The Balaban J connectivity index is 0.971. The molecule has 0 radical (unpaired) electrons. The Morgan fingerprint density at radius 2 is 0.865 bits per heavy atom. The molecule has 0 aromatic heterocycles. The number of fused-ring (bicyclic) bond motifs is 10. The lowest BCUT2D eigenvalue weighted by atomic mass is 9.72. The molecule has 0 bridgehead atoms. The van der Waals surface area contributed by atoms with Gasteiger partial charge in [-0.25, -0.2) is 0 Å². The van der Waals surface area contributed by atoms with Crippen LogP contribution in [0, 0.1) is 0 Å². The topological polar surface area (TPSA) is 0 Å². The number of benzene rings is 11. The van der Waals surface area contributed by atoms with Gasteiger partial charge in [0.05, 0.1) is 0 Å². The second-order valence-electron chi connectivity index (χ2n) is 20.4. The molecule has 0 heteroatoms. The Morgan fingerprint density at radius 3 is 1.53 bits per heavy atom. The maximum atomic E-state index is 4.43. The summed E-state index contributed by atoms with van der Waals surface area (Å²) in [6.07, 6.45) is 9.84. The highest BCUT2D eigenvalue weighted by Crippen LogP contribution is 2.62. The Bertz CT molecular complexity index is 4190. The fourth-order valence-corrected chi connectivity index (χ4v) is 13.8. The highest BCUT2D eigenvalue weighted by atomic mass is 14.4. The van der Waals surface area contributed by atoms with Gasteiger partial charge in [0.1, 0.15) is 0 Å². The van der Waals surface area contributed by atoms with Crippen LogP contribution in [0.15, 0.2) is 255 Å². The first-order chi connectivity index (χ1) is 36.7. The summed E-state index contributed by atoms with van der Waals surface area (Å²) in [6, 6.07) is 86.0. The number of allylic oxidation sites excluding steroid dienone is 3. The summed E-state index contributed by atoms with van der Waals surface area (Å²) in [6.45, 7) is 4.43. The molecule has 11 aromatic carbocycles. The first-order valence-electron chi connectivity index (χ1n) is 26.3. The molecule has 0 saturated carbocycles. The van der Waals surface area contributed by atoms with Gasteiger partial charge < -0.3 is 0 Å². The van der Waals surface area contributed by atoms with Crippen LogP contribution in [0.2, 0.25) is 0 Å². The smallest absolute Gasteiger partial charge is 0.0105 e. The first-order valence-corrected chi connectivity index (χ1v) is 26.3. The molecule has 346 valence electrons. The molecule has 1 unspecified atom stereocenters. The highest BCUT2D eigenvalue weighted by Gasteiger charge is 2.41. The Labute approximate surface area is 433 Å². The van der Waals surface area contributed by atoms with Crippen LogP contribution in [0.4, 0.5) is 0 Å². The average Bonchev–Trinajstić information content (AvgIpc) is 3.89. The lowest BCUT2D eigenvalue weighted by molar-refractivity contribution is 0.704. The molecular formula is C74H50. The molecule has 0 N–H and O–H groups in total. The second-order valence-corrected chi connectivity index (χ2v) is 20.4. The van der Waals surface area contributed by atoms with Gasteiger partial charge in [0.2, 0.25) is 0 Å². The molecule has 0 amide bonds. The minimum absolute atomic E-state index is 0.233. The summed E-state index contributed by atoms with van der Waals surface area (Å²) in [5.74, 6) is 0.233. The van der Waals surface area contributed by atoms with E-state index >= 15 is 0 Å². The van der Waals surface area contributed by atoms with E-state index in [0.717, 1.165) is 19.3 Å². The zero-order chi connectivity index (χ0) is 48.9.